The van der Waals surface area contributed by atoms with Crippen LogP contribution in [-0.4, -0.2) is 43.7 Å². The molecule has 0 bridgehead atoms. The molecule has 0 aliphatic carbocycles. The highest BCUT2D eigenvalue weighted by molar-refractivity contribution is 5.79. The summed E-state index contributed by atoms with van der Waals surface area (Å²) in [4.78, 5) is 27.1. The molecule has 1 unspecified atom stereocenters. The first-order chi connectivity index (χ1) is 15.6. The van der Waals surface area contributed by atoms with Crippen molar-refractivity contribution in [3.05, 3.63) is 53.6 Å². The van der Waals surface area contributed by atoms with Gasteiger partial charge in [0.1, 0.15) is 5.75 Å². The fourth-order valence-corrected chi connectivity index (χ4v) is 4.27. The Balaban J connectivity index is 1.21. The Morgan fingerprint density at radius 1 is 1.12 bits per heavy atom. The molecule has 4 rings (SSSR count). The van der Waals surface area contributed by atoms with Gasteiger partial charge in [-0.3, -0.25) is 9.59 Å². The van der Waals surface area contributed by atoms with Gasteiger partial charge in [-0.2, -0.15) is 0 Å². The SMILES string of the molecule is COc1cccc(CNC(=O)CCC2CCCN(C(=O)Cc3ccc4c(c3)OCO4)C2)c1. The molecule has 7 heteroatoms. The van der Waals surface area contributed by atoms with E-state index in [1.807, 2.05) is 47.4 Å². The number of amides is 2. The molecule has 1 atom stereocenters. The van der Waals surface area contributed by atoms with Crippen molar-refractivity contribution in [2.24, 2.45) is 5.92 Å². The first-order valence-corrected chi connectivity index (χ1v) is 11.2. The van der Waals surface area contributed by atoms with Gasteiger partial charge in [-0.1, -0.05) is 18.2 Å². The summed E-state index contributed by atoms with van der Waals surface area (Å²) < 4.78 is 16.0. The average Bonchev–Trinajstić information content (AvgIpc) is 3.29. The minimum absolute atomic E-state index is 0.0385. The summed E-state index contributed by atoms with van der Waals surface area (Å²) in [5.41, 5.74) is 1.94. The number of fused-ring (bicyclic) bond motifs is 1. The molecule has 1 fully saturated rings. The van der Waals surface area contributed by atoms with Gasteiger partial charge < -0.3 is 24.4 Å². The summed E-state index contributed by atoms with van der Waals surface area (Å²) in [5.74, 6) is 2.72. The van der Waals surface area contributed by atoms with Crippen LogP contribution in [0.3, 0.4) is 0 Å². The molecule has 0 radical (unpaired) electrons. The normalized spacial score (nSPS) is 17.2. The molecule has 2 amide bonds. The fraction of sp³-hybridized carbons (Fsp3) is 0.440. The zero-order chi connectivity index (χ0) is 22.3. The van der Waals surface area contributed by atoms with E-state index in [4.69, 9.17) is 14.2 Å². The van der Waals surface area contributed by atoms with E-state index in [1.165, 1.54) is 0 Å². The zero-order valence-corrected chi connectivity index (χ0v) is 18.5. The smallest absolute Gasteiger partial charge is 0.231 e. The quantitative estimate of drug-likeness (QED) is 0.684. The molecule has 32 heavy (non-hydrogen) atoms. The third kappa shape index (κ3) is 5.72. The maximum absolute atomic E-state index is 12.8. The predicted octanol–water partition coefficient (Wildman–Crippen LogP) is 3.30. The van der Waals surface area contributed by atoms with E-state index in [-0.39, 0.29) is 18.6 Å². The van der Waals surface area contributed by atoms with Crippen LogP contribution in [0.5, 0.6) is 17.2 Å². The number of carbonyl (C=O) groups excluding carboxylic acids is 2. The molecule has 170 valence electrons. The molecular weight excluding hydrogens is 408 g/mol. The van der Waals surface area contributed by atoms with Crippen LogP contribution in [0.4, 0.5) is 0 Å². The monoisotopic (exact) mass is 438 g/mol. The van der Waals surface area contributed by atoms with Crippen LogP contribution in [-0.2, 0) is 22.6 Å². The Hall–Kier alpha value is -3.22. The van der Waals surface area contributed by atoms with Gasteiger partial charge in [0.2, 0.25) is 18.6 Å². The molecule has 2 aromatic carbocycles. The molecule has 2 aromatic rings. The summed E-state index contributed by atoms with van der Waals surface area (Å²) in [6, 6.07) is 13.3. The zero-order valence-electron chi connectivity index (χ0n) is 18.5. The molecule has 0 spiro atoms. The number of hydrogen-bond acceptors (Lipinski definition) is 5. The van der Waals surface area contributed by atoms with Crippen molar-refractivity contribution in [2.45, 2.75) is 38.6 Å². The van der Waals surface area contributed by atoms with E-state index in [2.05, 4.69) is 5.32 Å². The number of ether oxygens (including phenoxy) is 3. The highest BCUT2D eigenvalue weighted by Crippen LogP contribution is 2.33. The van der Waals surface area contributed by atoms with E-state index in [1.54, 1.807) is 7.11 Å². The van der Waals surface area contributed by atoms with E-state index in [0.717, 1.165) is 48.4 Å². The Morgan fingerprint density at radius 3 is 2.88 bits per heavy atom. The van der Waals surface area contributed by atoms with Crippen LogP contribution < -0.4 is 19.5 Å². The summed E-state index contributed by atoms with van der Waals surface area (Å²) in [6.45, 7) is 2.21. The molecule has 2 heterocycles. The van der Waals surface area contributed by atoms with Gasteiger partial charge in [0, 0.05) is 26.1 Å². The van der Waals surface area contributed by atoms with Crippen LogP contribution >= 0.6 is 0 Å². The van der Waals surface area contributed by atoms with Crippen molar-refractivity contribution in [3.8, 4) is 17.2 Å². The van der Waals surface area contributed by atoms with Gasteiger partial charge >= 0.3 is 0 Å². The average molecular weight is 439 g/mol. The van der Waals surface area contributed by atoms with Gasteiger partial charge in [0.15, 0.2) is 11.5 Å². The molecular formula is C25H30N2O5. The van der Waals surface area contributed by atoms with Gasteiger partial charge in [-0.25, -0.2) is 0 Å². The largest absolute Gasteiger partial charge is 0.497 e. The lowest BCUT2D eigenvalue weighted by Gasteiger charge is -2.33. The lowest BCUT2D eigenvalue weighted by atomic mass is 9.93. The number of rotatable bonds is 8. The number of carbonyl (C=O) groups is 2. The third-order valence-corrected chi connectivity index (χ3v) is 6.07. The number of nitrogens with one attached hydrogen (secondary N) is 1. The number of likely N-dealkylation sites (tertiary alicyclic amines) is 1. The third-order valence-electron chi connectivity index (χ3n) is 6.07. The Kier molecular flexibility index (Phi) is 7.14. The lowest BCUT2D eigenvalue weighted by molar-refractivity contribution is -0.132. The Labute approximate surface area is 188 Å². The highest BCUT2D eigenvalue weighted by Gasteiger charge is 2.24. The fourth-order valence-electron chi connectivity index (χ4n) is 4.27. The molecule has 0 aromatic heterocycles. The molecule has 0 saturated carbocycles. The van der Waals surface area contributed by atoms with Gasteiger partial charge in [-0.15, -0.1) is 0 Å². The maximum Gasteiger partial charge on any atom is 0.231 e. The summed E-state index contributed by atoms with van der Waals surface area (Å²) in [6.07, 6.45) is 3.64. The van der Waals surface area contributed by atoms with Crippen LogP contribution in [0.15, 0.2) is 42.5 Å². The highest BCUT2D eigenvalue weighted by atomic mass is 16.7. The second kappa shape index (κ2) is 10.4. The van der Waals surface area contributed by atoms with Gasteiger partial charge in [0.25, 0.3) is 0 Å². The van der Waals surface area contributed by atoms with Crippen LogP contribution in [0.1, 0.15) is 36.8 Å². The van der Waals surface area contributed by atoms with E-state index >= 15 is 0 Å². The number of methoxy groups -OCH3 is 1. The van der Waals surface area contributed by atoms with E-state index in [0.29, 0.717) is 37.6 Å². The minimum atomic E-state index is 0.0385. The summed E-state index contributed by atoms with van der Waals surface area (Å²) >= 11 is 0. The number of nitrogens with zero attached hydrogens (tertiary/aromatic N) is 1. The van der Waals surface area contributed by atoms with E-state index in [9.17, 15) is 9.59 Å². The number of benzene rings is 2. The second-order valence-electron chi connectivity index (χ2n) is 8.38. The summed E-state index contributed by atoms with van der Waals surface area (Å²) in [5, 5.41) is 2.98. The van der Waals surface area contributed by atoms with Gasteiger partial charge in [-0.05, 0) is 60.6 Å². The Bertz CT molecular complexity index is 961. The van der Waals surface area contributed by atoms with Crippen molar-refractivity contribution in [1.82, 2.24) is 10.2 Å². The second-order valence-corrected chi connectivity index (χ2v) is 8.38. The molecule has 2 aliphatic rings. The predicted molar refractivity (Wildman–Crippen MR) is 120 cm³/mol. The molecule has 2 aliphatic heterocycles. The van der Waals surface area contributed by atoms with Crippen molar-refractivity contribution in [2.75, 3.05) is 27.0 Å². The standard InChI is InChI=1S/C25H30N2O5/c1-30-21-6-2-4-20(12-21)15-26-24(28)10-8-18-5-3-11-27(16-18)25(29)14-19-7-9-22-23(13-19)32-17-31-22/h2,4,6-7,9,12-13,18H,3,5,8,10-11,14-17H2,1H3,(H,26,28). The van der Waals surface area contributed by atoms with Crippen molar-refractivity contribution < 1.29 is 23.8 Å². The molecule has 1 saturated heterocycles. The number of hydrogen-bond donors (Lipinski definition) is 1. The van der Waals surface area contributed by atoms with Crippen molar-refractivity contribution >= 4 is 11.8 Å². The lowest BCUT2D eigenvalue weighted by Crippen LogP contribution is -2.41. The summed E-state index contributed by atoms with van der Waals surface area (Å²) in [7, 11) is 1.63. The van der Waals surface area contributed by atoms with Crippen molar-refractivity contribution in [1.29, 1.82) is 0 Å². The maximum atomic E-state index is 12.8. The van der Waals surface area contributed by atoms with Crippen molar-refractivity contribution in [3.63, 3.8) is 0 Å². The Morgan fingerprint density at radius 2 is 2.00 bits per heavy atom. The van der Waals surface area contributed by atoms with Gasteiger partial charge in [0.05, 0.1) is 13.5 Å². The molecule has 1 N–H and O–H groups in total. The molecule has 7 nitrogen and oxygen atoms in total. The number of piperidine rings is 1. The van der Waals surface area contributed by atoms with Crippen LogP contribution in [0, 0.1) is 5.92 Å². The van der Waals surface area contributed by atoms with Crippen LogP contribution in [0.2, 0.25) is 0 Å². The topological polar surface area (TPSA) is 77.1 Å². The van der Waals surface area contributed by atoms with Crippen LogP contribution in [0.25, 0.3) is 0 Å². The first kappa shape index (κ1) is 22.0. The minimum Gasteiger partial charge on any atom is -0.497 e. The first-order valence-electron chi connectivity index (χ1n) is 11.2. The van der Waals surface area contributed by atoms with E-state index < -0.39 is 0 Å².